The molecule has 6 aromatic rings. The molecule has 1 unspecified atom stereocenters. The number of nitrogens with one attached hydrogen (secondary N) is 9. The van der Waals surface area contributed by atoms with E-state index in [4.69, 9.17) is 29.7 Å². The van der Waals surface area contributed by atoms with Crippen LogP contribution in [0.4, 0.5) is 16.4 Å². The normalized spacial score (nSPS) is 16.9. The molecule has 37 heteroatoms. The summed E-state index contributed by atoms with van der Waals surface area (Å²) in [7, 11) is -1.39. The molecule has 34 nitrogen and oxygen atoms in total. The first-order chi connectivity index (χ1) is 49.3. The Bertz CT molecular complexity index is 4790. The summed E-state index contributed by atoms with van der Waals surface area (Å²) in [5.74, 6) is -14.1. The number of carboxylic acid groups (broad SMARTS) is 2. The fraction of sp³-hybridized carbons (Fsp3) is 0.418. The smallest absolute Gasteiger partial charge is 0.426 e. The number of Topliss-reactive ketones (excluding diaryl/α,β-unsaturated/α-hetero) is 3. The van der Waals surface area contributed by atoms with Crippen molar-refractivity contribution < 1.29 is 85.4 Å². The molecule has 8 bridgehead atoms. The van der Waals surface area contributed by atoms with Gasteiger partial charge in [-0.05, 0) is 93.6 Å². The minimum absolute atomic E-state index is 0.00166. The minimum Gasteiger partial charge on any atom is -0.480 e. The van der Waals surface area contributed by atoms with Crippen LogP contribution in [0.2, 0.25) is 0 Å². The number of carbonyl (C=O) groups excluding carboxylic acids is 9. The van der Waals surface area contributed by atoms with Gasteiger partial charge >= 0.3 is 24.0 Å². The second-order valence-electron chi connectivity index (χ2n) is 25.1. The average Bonchev–Trinajstić information content (AvgIpc) is 1.56. The molecule has 5 aromatic heterocycles. The Hall–Kier alpha value is -10.7. The summed E-state index contributed by atoms with van der Waals surface area (Å²) in [4.78, 5) is 190. The topological polar surface area (TPSA) is 528 Å². The lowest BCUT2D eigenvalue weighted by molar-refractivity contribution is -0.142. The first-order valence-electron chi connectivity index (χ1n) is 32.9. The van der Waals surface area contributed by atoms with Gasteiger partial charge < -0.3 is 56.7 Å². The molecular weight excluding hydrogens is 1420 g/mol. The number of hydrogen-bond donors (Lipinski definition) is 13. The number of amides is 5. The zero-order chi connectivity index (χ0) is 75.6. The van der Waals surface area contributed by atoms with Crippen LogP contribution in [0.5, 0.6) is 0 Å². The monoisotopic (exact) mass is 1490 g/mol. The second-order valence-corrected chi connectivity index (χ2v) is 29.3. The highest BCUT2D eigenvalue weighted by molar-refractivity contribution is 8.76. The maximum absolute atomic E-state index is 14.5. The van der Waals surface area contributed by atoms with Gasteiger partial charge in [-0.25, -0.2) is 29.8 Å². The SMILES string of the molecule is CC[C@H]1c2cc3[nH]c4c(c3C)C(=O)C(C(=O)OC)c4c3nc(cc4[nH]c(cc(n2)[C@@H]1C)c(C(C)=O)c4C)[C@@H](C)[C@@H]3CCC(=O)NNC(=O)OCCSSC[C@H](NC(=O)[C@@H](CC(=O)CC[C@H](NC(=O)c1ccc(NCc2cnc3nc(N)[nH]c(=O)c3n2)cc1)C(=O)O)CC(=O)NCCS(=O)(=O)O)C(=O)O. The fourth-order valence-corrected chi connectivity index (χ4v) is 15.0. The molecule has 0 radical (unpaired) electrons. The number of H-pyrrole nitrogens is 3. The average molecular weight is 1490 g/mol. The number of ether oxygens (including phenoxy) is 2. The predicted octanol–water partition coefficient (Wildman–Crippen LogP) is 5.11. The number of nitrogens with zero attached hydrogens (tertiary/aromatic N) is 5. The molecule has 3 aliphatic rings. The van der Waals surface area contributed by atoms with E-state index in [1.54, 1.807) is 6.92 Å². The number of aromatic nitrogens is 8. The largest absolute Gasteiger partial charge is 0.480 e. The molecule has 0 fully saturated rings. The van der Waals surface area contributed by atoms with Crippen LogP contribution in [0.3, 0.4) is 0 Å². The van der Waals surface area contributed by atoms with Crippen LogP contribution >= 0.6 is 21.6 Å². The summed E-state index contributed by atoms with van der Waals surface area (Å²) in [6.45, 7) is 10.4. The van der Waals surface area contributed by atoms with E-state index in [0.29, 0.717) is 72.7 Å². The molecule has 2 aliphatic heterocycles. The molecule has 0 saturated carbocycles. The number of carboxylic acids is 2. The van der Waals surface area contributed by atoms with Crippen molar-refractivity contribution in [3.63, 3.8) is 0 Å². The maximum atomic E-state index is 14.5. The lowest BCUT2D eigenvalue weighted by Crippen LogP contribution is -2.46. The van der Waals surface area contributed by atoms with Gasteiger partial charge in [-0.15, -0.1) is 0 Å². The summed E-state index contributed by atoms with van der Waals surface area (Å²) < 4.78 is 42.2. The van der Waals surface area contributed by atoms with E-state index >= 15 is 0 Å². The molecule has 1 aromatic carbocycles. The van der Waals surface area contributed by atoms with E-state index in [0.717, 1.165) is 39.4 Å². The van der Waals surface area contributed by atoms with E-state index in [1.807, 2.05) is 32.0 Å². The quantitative estimate of drug-likeness (QED) is 0.00511. The Morgan fingerprint density at radius 1 is 0.779 bits per heavy atom. The van der Waals surface area contributed by atoms with Gasteiger partial charge in [0.05, 0.1) is 53.9 Å². The summed E-state index contributed by atoms with van der Waals surface area (Å²) in [5, 5.41) is 30.0. The predicted molar refractivity (Wildman–Crippen MR) is 380 cm³/mol. The van der Waals surface area contributed by atoms with Crippen molar-refractivity contribution in [3.05, 3.63) is 121 Å². The Morgan fingerprint density at radius 2 is 1.46 bits per heavy atom. The van der Waals surface area contributed by atoms with Gasteiger partial charge in [-0.1, -0.05) is 42.4 Å². The zero-order valence-corrected chi connectivity index (χ0v) is 59.8. The number of nitrogens with two attached hydrogens (primary N) is 1. The molecule has 552 valence electrons. The molecule has 5 amide bonds. The molecule has 1 aliphatic carbocycles. The number of hydrogen-bond acceptors (Lipinski definition) is 25. The number of rotatable bonds is 31. The molecule has 14 N–H and O–H groups in total. The third-order valence-electron chi connectivity index (χ3n) is 18.1. The van der Waals surface area contributed by atoms with Gasteiger partial charge in [-0.2, -0.15) is 13.4 Å². The Labute approximate surface area is 600 Å². The van der Waals surface area contributed by atoms with Crippen LogP contribution in [-0.4, -0.2) is 178 Å². The van der Waals surface area contributed by atoms with Gasteiger partial charge in [0.1, 0.15) is 30.4 Å². The highest BCUT2D eigenvalue weighted by Gasteiger charge is 2.46. The highest BCUT2D eigenvalue weighted by Crippen LogP contribution is 2.48. The summed E-state index contributed by atoms with van der Waals surface area (Å²) in [6.07, 6.45) is -1.61. The number of methoxy groups -OCH3 is 1. The Balaban J connectivity index is 0.774. The third kappa shape index (κ3) is 18.6. The minimum atomic E-state index is -4.53. The van der Waals surface area contributed by atoms with Gasteiger partial charge in [0.15, 0.2) is 22.7 Å². The number of aliphatic carboxylic acids is 2. The molecule has 9 rings (SSSR count). The summed E-state index contributed by atoms with van der Waals surface area (Å²) in [5.41, 5.74) is 17.4. The van der Waals surface area contributed by atoms with Crippen LogP contribution in [0.25, 0.3) is 33.2 Å². The molecular formula is C67H77N15O19S3. The molecule has 0 spiro atoms. The van der Waals surface area contributed by atoms with Crippen molar-refractivity contribution in [1.82, 2.24) is 66.7 Å². The molecule has 0 saturated heterocycles. The van der Waals surface area contributed by atoms with E-state index in [9.17, 15) is 76.2 Å². The van der Waals surface area contributed by atoms with Gasteiger partial charge in [0.25, 0.3) is 21.6 Å². The lowest BCUT2D eigenvalue weighted by atomic mass is 9.84. The van der Waals surface area contributed by atoms with Gasteiger partial charge in [0, 0.05) is 123 Å². The van der Waals surface area contributed by atoms with Crippen molar-refractivity contribution in [2.24, 2.45) is 5.92 Å². The first-order valence-corrected chi connectivity index (χ1v) is 37.0. The summed E-state index contributed by atoms with van der Waals surface area (Å²) >= 11 is 0. The standard InChI is InChI=1S/C67H77N15O19S3/c1-8-39-29(2)42-25-47-51(33(6)83)31(4)44(74-47)23-43-30(3)40(55(75-43)53-54(65(95)100-7)58(87)52-32(5)45(76-56(52)53)24-46(39)73-42)14-16-49(85)81-82-67(96)101-18-19-102-103-28-48(64(93)94)78-61(89)35(22-50(86)69-17-20-104(97,98)99)21-38(84)13-15-41(63(91)92)77-60(88)34-9-11-36(12-10-34)70-26-37-27-71-59-57(72-37)62(90)80-66(68)79-59/h9-12,23-25,27,29-30,35,39-41,48,54,70,74,76H,8,13-22,26,28H2,1-7H3,(H,69,86)(H,77,88)(H,78,89)(H,81,85)(H,82,96)(H,91,92)(H,93,94)(H,97,98,99)(H3,68,71,79,80,90)/t29-,30+,35+,39-,40+,41+,48+,54?/m1/s1. The number of aryl methyl sites for hydroxylation is 2. The highest BCUT2D eigenvalue weighted by atomic mass is 33.1. The Morgan fingerprint density at radius 3 is 2.14 bits per heavy atom. The number of esters is 1. The van der Waals surface area contributed by atoms with E-state index < -0.39 is 149 Å². The van der Waals surface area contributed by atoms with Crippen LogP contribution < -0.4 is 43.4 Å². The van der Waals surface area contributed by atoms with Gasteiger partial charge in [0.2, 0.25) is 23.7 Å². The maximum Gasteiger partial charge on any atom is 0.426 e. The lowest BCUT2D eigenvalue weighted by Gasteiger charge is -2.20. The van der Waals surface area contributed by atoms with E-state index in [-0.39, 0.29) is 77.8 Å². The van der Waals surface area contributed by atoms with Crippen molar-refractivity contribution in [2.45, 2.75) is 135 Å². The number of fused-ring (bicyclic) bond motifs is 9. The molecule has 7 heterocycles. The third-order valence-corrected chi connectivity index (χ3v) is 21.2. The first kappa shape index (κ1) is 77.5. The molecule has 8 atom stereocenters. The Kier molecular flexibility index (Phi) is 25.1. The van der Waals surface area contributed by atoms with Crippen LogP contribution in [0.1, 0.15) is 178 Å². The van der Waals surface area contributed by atoms with E-state index in [1.165, 1.54) is 44.5 Å². The number of hydrazine groups is 1. The van der Waals surface area contributed by atoms with Crippen LogP contribution in [0, 0.1) is 19.8 Å². The fourth-order valence-electron chi connectivity index (χ4n) is 12.7. The number of benzene rings is 1. The van der Waals surface area contributed by atoms with Crippen molar-refractivity contribution >= 4 is 142 Å². The number of anilines is 2. The van der Waals surface area contributed by atoms with Crippen molar-refractivity contribution in [2.75, 3.05) is 48.6 Å². The number of ketones is 3. The van der Waals surface area contributed by atoms with Crippen LogP contribution in [0.15, 0.2) is 53.5 Å². The van der Waals surface area contributed by atoms with Crippen molar-refractivity contribution in [1.29, 1.82) is 0 Å². The molecule has 104 heavy (non-hydrogen) atoms. The van der Waals surface area contributed by atoms with Crippen molar-refractivity contribution in [3.8, 4) is 0 Å². The van der Waals surface area contributed by atoms with Crippen LogP contribution in [-0.2, 0) is 59.7 Å². The zero-order valence-electron chi connectivity index (χ0n) is 57.3. The number of nitrogen functional groups attached to an aromatic ring is 1. The number of carbonyl (C=O) groups is 11. The van der Waals surface area contributed by atoms with E-state index in [2.05, 4.69) is 75.9 Å². The summed E-state index contributed by atoms with van der Waals surface area (Å²) in [6, 6.07) is 8.15. The number of aromatic amines is 3. The van der Waals surface area contributed by atoms with Gasteiger partial charge in [-0.3, -0.25) is 68.1 Å². The second kappa shape index (κ2) is 33.6.